The van der Waals surface area contributed by atoms with Gasteiger partial charge in [0.1, 0.15) is 0 Å². The van der Waals surface area contributed by atoms with Crippen molar-refractivity contribution in [2.24, 2.45) is 5.92 Å². The Labute approximate surface area is 82.4 Å². The van der Waals surface area contributed by atoms with Crippen LogP contribution < -0.4 is 5.32 Å². The minimum atomic E-state index is 0.276. The minimum Gasteiger partial charge on any atom is -0.380 e. The summed E-state index contributed by atoms with van der Waals surface area (Å²) in [5.74, 6) is 0.536. The van der Waals surface area contributed by atoms with Crippen molar-refractivity contribution in [2.75, 3.05) is 13.7 Å². The van der Waals surface area contributed by atoms with Crippen LogP contribution in [0, 0.1) is 5.92 Å². The lowest BCUT2D eigenvalue weighted by Gasteiger charge is -2.28. The van der Waals surface area contributed by atoms with E-state index in [4.69, 9.17) is 4.74 Å². The highest BCUT2D eigenvalue weighted by Gasteiger charge is 2.21. The highest BCUT2D eigenvalue weighted by Crippen LogP contribution is 2.13. The normalized spacial score (nSPS) is 15.8. The first-order valence-electron chi connectivity index (χ1n) is 5.04. The first kappa shape index (κ1) is 12.7. The molecule has 0 aliphatic carbocycles. The summed E-state index contributed by atoms with van der Waals surface area (Å²) >= 11 is 0. The first-order chi connectivity index (χ1) is 6.17. The number of ether oxygens (including phenoxy) is 1. The summed E-state index contributed by atoms with van der Waals surface area (Å²) in [6.07, 6.45) is 3.18. The maximum absolute atomic E-state index is 5.47. The second kappa shape index (κ2) is 7.10. The summed E-state index contributed by atoms with van der Waals surface area (Å²) in [7, 11) is 1.78. The van der Waals surface area contributed by atoms with Crippen molar-refractivity contribution in [3.63, 3.8) is 0 Å². The molecule has 0 aromatic heterocycles. The van der Waals surface area contributed by atoms with Crippen LogP contribution >= 0.6 is 0 Å². The lowest BCUT2D eigenvalue weighted by Crippen LogP contribution is -2.43. The van der Waals surface area contributed by atoms with Gasteiger partial charge in [-0.2, -0.15) is 0 Å². The monoisotopic (exact) mass is 185 g/mol. The standard InChI is InChI=1S/C11H23NO/c1-6-8-10(12-7-2)11(13-5)9(3)4/h6,9-12H,1,7-8H2,2-5H3. The van der Waals surface area contributed by atoms with Gasteiger partial charge in [0.25, 0.3) is 0 Å². The summed E-state index contributed by atoms with van der Waals surface area (Å²) in [5, 5.41) is 3.42. The van der Waals surface area contributed by atoms with Crippen molar-refractivity contribution >= 4 is 0 Å². The summed E-state index contributed by atoms with van der Waals surface area (Å²) in [6.45, 7) is 11.2. The van der Waals surface area contributed by atoms with Gasteiger partial charge in [-0.3, -0.25) is 0 Å². The molecule has 2 unspecified atom stereocenters. The molecule has 0 heterocycles. The van der Waals surface area contributed by atoms with Crippen LogP contribution in [-0.4, -0.2) is 25.8 Å². The van der Waals surface area contributed by atoms with Crippen molar-refractivity contribution in [2.45, 2.75) is 39.3 Å². The lowest BCUT2D eigenvalue weighted by molar-refractivity contribution is 0.0344. The molecule has 0 aromatic rings. The van der Waals surface area contributed by atoms with Crippen molar-refractivity contribution < 1.29 is 4.74 Å². The zero-order valence-electron chi connectivity index (χ0n) is 9.34. The number of rotatable bonds is 7. The summed E-state index contributed by atoms with van der Waals surface area (Å²) in [4.78, 5) is 0. The summed E-state index contributed by atoms with van der Waals surface area (Å²) < 4.78 is 5.47. The van der Waals surface area contributed by atoms with Crippen LogP contribution in [0.3, 0.4) is 0 Å². The number of likely N-dealkylation sites (N-methyl/N-ethyl adjacent to an activating group) is 1. The number of methoxy groups -OCH3 is 1. The van der Waals surface area contributed by atoms with Crippen LogP contribution in [0.25, 0.3) is 0 Å². The van der Waals surface area contributed by atoms with Gasteiger partial charge in [0.15, 0.2) is 0 Å². The van der Waals surface area contributed by atoms with E-state index in [1.807, 2.05) is 6.08 Å². The molecule has 2 heteroatoms. The molecule has 2 nitrogen and oxygen atoms in total. The second-order valence-corrected chi connectivity index (χ2v) is 3.63. The van der Waals surface area contributed by atoms with Gasteiger partial charge < -0.3 is 10.1 Å². The van der Waals surface area contributed by atoms with Crippen LogP contribution in [-0.2, 0) is 4.74 Å². The summed E-state index contributed by atoms with van der Waals surface area (Å²) in [6, 6.07) is 0.396. The van der Waals surface area contributed by atoms with Gasteiger partial charge in [0.05, 0.1) is 6.10 Å². The molecule has 0 fully saturated rings. The molecule has 0 amide bonds. The fraction of sp³-hybridized carbons (Fsp3) is 0.818. The van der Waals surface area contributed by atoms with Crippen LogP contribution in [0.4, 0.5) is 0 Å². The second-order valence-electron chi connectivity index (χ2n) is 3.63. The van der Waals surface area contributed by atoms with Crippen molar-refractivity contribution in [3.05, 3.63) is 12.7 Å². The largest absolute Gasteiger partial charge is 0.380 e. The molecule has 0 bridgehead atoms. The van der Waals surface area contributed by atoms with Crippen molar-refractivity contribution in [1.29, 1.82) is 0 Å². The lowest BCUT2D eigenvalue weighted by atomic mass is 9.97. The van der Waals surface area contributed by atoms with Gasteiger partial charge >= 0.3 is 0 Å². The van der Waals surface area contributed by atoms with Crippen LogP contribution in [0.2, 0.25) is 0 Å². The van der Waals surface area contributed by atoms with Crippen LogP contribution in [0.5, 0.6) is 0 Å². The Morgan fingerprint density at radius 2 is 2.08 bits per heavy atom. The Kier molecular flexibility index (Phi) is 6.92. The molecular weight excluding hydrogens is 162 g/mol. The average Bonchev–Trinajstić information content (AvgIpc) is 2.05. The topological polar surface area (TPSA) is 21.3 Å². The van der Waals surface area contributed by atoms with Gasteiger partial charge in [0.2, 0.25) is 0 Å². The average molecular weight is 185 g/mol. The Morgan fingerprint density at radius 3 is 2.38 bits per heavy atom. The summed E-state index contributed by atoms with van der Waals surface area (Å²) in [5.41, 5.74) is 0. The van der Waals surface area contributed by atoms with E-state index in [1.165, 1.54) is 0 Å². The third-order valence-electron chi connectivity index (χ3n) is 2.21. The fourth-order valence-electron chi connectivity index (χ4n) is 1.68. The fourth-order valence-corrected chi connectivity index (χ4v) is 1.68. The molecule has 0 radical (unpaired) electrons. The maximum Gasteiger partial charge on any atom is 0.0750 e. The quantitative estimate of drug-likeness (QED) is 0.614. The maximum atomic E-state index is 5.47. The van der Waals surface area contributed by atoms with Crippen molar-refractivity contribution in [1.82, 2.24) is 5.32 Å². The number of hydrogen-bond donors (Lipinski definition) is 1. The predicted octanol–water partition coefficient (Wildman–Crippen LogP) is 2.21. The zero-order chi connectivity index (χ0) is 10.3. The molecule has 2 atom stereocenters. The van der Waals surface area contributed by atoms with Crippen LogP contribution in [0.1, 0.15) is 27.2 Å². The van der Waals surface area contributed by atoms with Gasteiger partial charge in [-0.25, -0.2) is 0 Å². The molecule has 0 spiro atoms. The predicted molar refractivity (Wildman–Crippen MR) is 57.9 cm³/mol. The van der Waals surface area contributed by atoms with Gasteiger partial charge in [0, 0.05) is 13.2 Å². The third kappa shape index (κ3) is 4.44. The highest BCUT2D eigenvalue weighted by atomic mass is 16.5. The number of hydrogen-bond acceptors (Lipinski definition) is 2. The van der Waals surface area contributed by atoms with Gasteiger partial charge in [-0.05, 0) is 18.9 Å². The molecule has 0 aliphatic heterocycles. The van der Waals surface area contributed by atoms with E-state index < -0.39 is 0 Å². The molecule has 1 N–H and O–H groups in total. The molecule has 0 aliphatic rings. The Bertz CT molecular complexity index is 134. The van der Waals surface area contributed by atoms with E-state index in [0.29, 0.717) is 12.0 Å². The first-order valence-corrected chi connectivity index (χ1v) is 5.04. The van der Waals surface area contributed by atoms with Gasteiger partial charge in [-0.1, -0.05) is 26.8 Å². The molecule has 78 valence electrons. The minimum absolute atomic E-state index is 0.276. The molecule has 0 rings (SSSR count). The van der Waals surface area contributed by atoms with Gasteiger partial charge in [-0.15, -0.1) is 6.58 Å². The van der Waals surface area contributed by atoms with Crippen molar-refractivity contribution in [3.8, 4) is 0 Å². The third-order valence-corrected chi connectivity index (χ3v) is 2.21. The molecule has 0 saturated carbocycles. The smallest absolute Gasteiger partial charge is 0.0750 e. The van der Waals surface area contributed by atoms with E-state index in [2.05, 4.69) is 32.7 Å². The molecule has 13 heavy (non-hydrogen) atoms. The van der Waals surface area contributed by atoms with Crippen LogP contribution in [0.15, 0.2) is 12.7 Å². The van der Waals surface area contributed by atoms with E-state index in [9.17, 15) is 0 Å². The van der Waals surface area contributed by atoms with E-state index in [-0.39, 0.29) is 6.10 Å². The SMILES string of the molecule is C=CCC(NCC)C(OC)C(C)C. The van der Waals surface area contributed by atoms with E-state index >= 15 is 0 Å². The Hall–Kier alpha value is -0.340. The zero-order valence-corrected chi connectivity index (χ0v) is 9.34. The number of nitrogens with one attached hydrogen (secondary N) is 1. The Morgan fingerprint density at radius 1 is 1.46 bits per heavy atom. The highest BCUT2D eigenvalue weighted by molar-refractivity contribution is 4.85. The Balaban J connectivity index is 4.19. The van der Waals surface area contributed by atoms with E-state index in [0.717, 1.165) is 13.0 Å². The molecular formula is C11H23NO. The molecule has 0 saturated heterocycles. The molecule has 0 aromatic carbocycles. The van der Waals surface area contributed by atoms with E-state index in [1.54, 1.807) is 7.11 Å².